The molecule has 1 unspecified atom stereocenters. The second-order valence-corrected chi connectivity index (χ2v) is 2.58. The zero-order valence-electron chi connectivity index (χ0n) is 6.69. The molecule has 0 saturated heterocycles. The predicted octanol–water partition coefficient (Wildman–Crippen LogP) is 2.44. The number of hydrogen-bond acceptors (Lipinski definition) is 1. The average Bonchev–Trinajstić information content (AvgIpc) is 1.85. The summed E-state index contributed by atoms with van der Waals surface area (Å²) in [6, 6.07) is 0. The molecule has 0 heterocycles. The number of halogens is 3. The lowest BCUT2D eigenvalue weighted by molar-refractivity contribution is -0.178. The molecule has 0 aliphatic rings. The maximum Gasteiger partial charge on any atom is 0.391 e. The van der Waals surface area contributed by atoms with E-state index >= 15 is 0 Å². The minimum atomic E-state index is -4.26. The monoisotopic (exact) mass is 184 g/mol. The van der Waals surface area contributed by atoms with E-state index in [4.69, 9.17) is 5.11 Å². The van der Waals surface area contributed by atoms with Crippen LogP contribution in [0.3, 0.4) is 0 Å². The van der Waals surface area contributed by atoms with E-state index in [-0.39, 0.29) is 12.8 Å². The first kappa shape index (κ1) is 11.3. The second-order valence-electron chi connectivity index (χ2n) is 2.58. The van der Waals surface area contributed by atoms with E-state index in [1.165, 1.54) is 6.92 Å². The van der Waals surface area contributed by atoms with Crippen molar-refractivity contribution in [3.8, 4) is 0 Å². The smallest absolute Gasteiger partial charge is 0.391 e. The third-order valence-corrected chi connectivity index (χ3v) is 1.66. The Morgan fingerprint density at radius 3 is 2.25 bits per heavy atom. The van der Waals surface area contributed by atoms with Crippen LogP contribution in [0.2, 0.25) is 0 Å². The van der Waals surface area contributed by atoms with Gasteiger partial charge in [-0.25, -0.2) is 0 Å². The van der Waals surface area contributed by atoms with E-state index in [0.29, 0.717) is 0 Å². The fourth-order valence-electron chi connectivity index (χ4n) is 0.897. The van der Waals surface area contributed by atoms with Gasteiger partial charge in [0.25, 0.3) is 0 Å². The molecule has 0 aliphatic heterocycles. The molecule has 0 amide bonds. The topological polar surface area (TPSA) is 37.3 Å². The Balaban J connectivity index is 3.92. The lowest BCUT2D eigenvalue weighted by Crippen LogP contribution is -2.22. The van der Waals surface area contributed by atoms with Gasteiger partial charge in [0.2, 0.25) is 0 Å². The van der Waals surface area contributed by atoms with Gasteiger partial charge in [-0.15, -0.1) is 0 Å². The molecule has 0 fully saturated rings. The Hall–Kier alpha value is -0.740. The van der Waals surface area contributed by atoms with Gasteiger partial charge in [0.05, 0.1) is 5.92 Å². The minimum Gasteiger partial charge on any atom is -0.481 e. The molecule has 0 aromatic heterocycles. The van der Waals surface area contributed by atoms with Crippen LogP contribution in [0.4, 0.5) is 13.2 Å². The minimum absolute atomic E-state index is 0.0587. The highest BCUT2D eigenvalue weighted by Crippen LogP contribution is 2.31. The summed E-state index contributed by atoms with van der Waals surface area (Å²) in [5, 5.41) is 8.16. The SMILES string of the molecule is CCC(CCC(=O)O)C(F)(F)F. The molecule has 0 spiro atoms. The summed E-state index contributed by atoms with van der Waals surface area (Å²) in [6.45, 7) is 1.40. The first-order valence-corrected chi connectivity index (χ1v) is 3.66. The van der Waals surface area contributed by atoms with Crippen LogP contribution in [0.25, 0.3) is 0 Å². The van der Waals surface area contributed by atoms with Crippen molar-refractivity contribution in [1.82, 2.24) is 0 Å². The van der Waals surface area contributed by atoms with Crippen molar-refractivity contribution >= 4 is 5.97 Å². The van der Waals surface area contributed by atoms with E-state index in [9.17, 15) is 18.0 Å². The number of aliphatic carboxylic acids is 1. The Kier molecular flexibility index (Phi) is 4.06. The first-order valence-electron chi connectivity index (χ1n) is 3.66. The molecule has 1 N–H and O–H groups in total. The third-order valence-electron chi connectivity index (χ3n) is 1.66. The van der Waals surface area contributed by atoms with Gasteiger partial charge in [0.1, 0.15) is 0 Å². The van der Waals surface area contributed by atoms with Crippen LogP contribution < -0.4 is 0 Å². The predicted molar refractivity (Wildman–Crippen MR) is 36.7 cm³/mol. The molecule has 0 aromatic carbocycles. The van der Waals surface area contributed by atoms with Crippen LogP contribution in [-0.2, 0) is 4.79 Å². The van der Waals surface area contributed by atoms with Gasteiger partial charge in [0, 0.05) is 6.42 Å². The Bertz CT molecular complexity index is 153. The van der Waals surface area contributed by atoms with Crippen molar-refractivity contribution < 1.29 is 23.1 Å². The molecular formula is C7H11F3O2. The van der Waals surface area contributed by atoms with Crippen LogP contribution >= 0.6 is 0 Å². The number of alkyl halides is 3. The maximum absolute atomic E-state index is 12.0. The van der Waals surface area contributed by atoms with Crippen LogP contribution in [0.5, 0.6) is 0 Å². The number of carbonyl (C=O) groups is 1. The highest BCUT2D eigenvalue weighted by molar-refractivity contribution is 5.66. The number of hydrogen-bond donors (Lipinski definition) is 1. The number of carboxylic acid groups (broad SMARTS) is 1. The summed E-state index contributed by atoms with van der Waals surface area (Å²) >= 11 is 0. The molecule has 0 aliphatic carbocycles. The van der Waals surface area contributed by atoms with Crippen LogP contribution in [0.15, 0.2) is 0 Å². The third kappa shape index (κ3) is 4.20. The summed E-state index contributed by atoms with van der Waals surface area (Å²) in [5.74, 6) is -2.66. The summed E-state index contributed by atoms with van der Waals surface area (Å²) < 4.78 is 35.9. The molecule has 0 rings (SSSR count). The Labute approximate surface area is 68.4 Å². The second kappa shape index (κ2) is 4.33. The molecule has 0 saturated carbocycles. The largest absolute Gasteiger partial charge is 0.481 e. The first-order chi connectivity index (χ1) is 5.38. The summed E-state index contributed by atoms with van der Waals surface area (Å²) in [5.41, 5.74) is 0. The molecule has 12 heavy (non-hydrogen) atoms. The molecular weight excluding hydrogens is 173 g/mol. The van der Waals surface area contributed by atoms with Gasteiger partial charge in [-0.2, -0.15) is 13.2 Å². The van der Waals surface area contributed by atoms with Crippen molar-refractivity contribution in [3.63, 3.8) is 0 Å². The van der Waals surface area contributed by atoms with Crippen molar-refractivity contribution in [2.75, 3.05) is 0 Å². The van der Waals surface area contributed by atoms with Crippen LogP contribution in [-0.4, -0.2) is 17.3 Å². The van der Waals surface area contributed by atoms with E-state index in [1.54, 1.807) is 0 Å². The lowest BCUT2D eigenvalue weighted by Gasteiger charge is -2.16. The Morgan fingerprint density at radius 2 is 2.00 bits per heavy atom. The van der Waals surface area contributed by atoms with Gasteiger partial charge < -0.3 is 5.11 Å². The average molecular weight is 184 g/mol. The van der Waals surface area contributed by atoms with Crippen LogP contribution in [0.1, 0.15) is 26.2 Å². The van der Waals surface area contributed by atoms with E-state index < -0.39 is 24.5 Å². The lowest BCUT2D eigenvalue weighted by atomic mass is 10.00. The van der Waals surface area contributed by atoms with E-state index in [0.717, 1.165) is 0 Å². The quantitative estimate of drug-likeness (QED) is 0.728. The Morgan fingerprint density at radius 1 is 1.50 bits per heavy atom. The molecule has 72 valence electrons. The van der Waals surface area contributed by atoms with Gasteiger partial charge >= 0.3 is 12.1 Å². The fourth-order valence-corrected chi connectivity index (χ4v) is 0.897. The molecule has 0 bridgehead atoms. The molecule has 5 heteroatoms. The fraction of sp³-hybridized carbons (Fsp3) is 0.857. The van der Waals surface area contributed by atoms with Gasteiger partial charge in [0.15, 0.2) is 0 Å². The summed E-state index contributed by atoms with van der Waals surface area (Å²) in [7, 11) is 0. The summed E-state index contributed by atoms with van der Waals surface area (Å²) in [6.07, 6.45) is -5.06. The van der Waals surface area contributed by atoms with Gasteiger partial charge in [-0.1, -0.05) is 6.92 Å². The standard InChI is InChI=1S/C7H11F3O2/c1-2-5(7(8,9)10)3-4-6(11)12/h5H,2-4H2,1H3,(H,11,12). The van der Waals surface area contributed by atoms with Crippen LogP contribution in [0, 0.1) is 5.92 Å². The van der Waals surface area contributed by atoms with Crippen molar-refractivity contribution in [1.29, 1.82) is 0 Å². The van der Waals surface area contributed by atoms with Crippen molar-refractivity contribution in [3.05, 3.63) is 0 Å². The zero-order valence-corrected chi connectivity index (χ0v) is 6.69. The van der Waals surface area contributed by atoms with Crippen molar-refractivity contribution in [2.24, 2.45) is 5.92 Å². The molecule has 0 aromatic rings. The molecule has 0 radical (unpaired) electrons. The zero-order chi connectivity index (χ0) is 9.78. The maximum atomic E-state index is 12.0. The number of carboxylic acids is 1. The number of rotatable bonds is 4. The summed E-state index contributed by atoms with van der Waals surface area (Å²) in [4.78, 5) is 9.98. The highest BCUT2D eigenvalue weighted by Gasteiger charge is 2.37. The highest BCUT2D eigenvalue weighted by atomic mass is 19.4. The molecule has 2 nitrogen and oxygen atoms in total. The molecule has 1 atom stereocenters. The van der Waals surface area contributed by atoms with Crippen molar-refractivity contribution in [2.45, 2.75) is 32.4 Å². The van der Waals surface area contributed by atoms with Gasteiger partial charge in [-0.05, 0) is 12.8 Å². The van der Waals surface area contributed by atoms with E-state index in [2.05, 4.69) is 0 Å². The van der Waals surface area contributed by atoms with Gasteiger partial charge in [-0.3, -0.25) is 4.79 Å². The normalized spacial score (nSPS) is 14.3. The van der Waals surface area contributed by atoms with E-state index in [1.807, 2.05) is 0 Å².